The summed E-state index contributed by atoms with van der Waals surface area (Å²) < 4.78 is 0. The molecule has 3 heterocycles. The van der Waals surface area contributed by atoms with E-state index in [2.05, 4.69) is 31.2 Å². The first-order valence-electron chi connectivity index (χ1n) is 7.90. The van der Waals surface area contributed by atoms with Crippen LogP contribution in [0, 0.1) is 0 Å². The van der Waals surface area contributed by atoms with Crippen LogP contribution < -0.4 is 5.32 Å². The number of aromatic nitrogens is 3. The number of carbonyl (C=O) groups is 1. The second-order valence-corrected chi connectivity index (χ2v) is 5.83. The molecule has 2 aromatic rings. The average molecular weight is 311 g/mol. The maximum atomic E-state index is 11.0. The number of nitrogens with one attached hydrogen (secondary N) is 1. The molecule has 0 bridgehead atoms. The first-order chi connectivity index (χ1) is 11.2. The number of amides is 1. The Labute approximate surface area is 136 Å². The molecule has 0 aromatic carbocycles. The molecule has 3 rings (SSSR count). The van der Waals surface area contributed by atoms with Crippen LogP contribution in [-0.2, 0) is 17.9 Å². The van der Waals surface area contributed by atoms with Crippen molar-refractivity contribution in [2.45, 2.75) is 38.9 Å². The van der Waals surface area contributed by atoms with Crippen LogP contribution in [0.1, 0.15) is 42.8 Å². The van der Waals surface area contributed by atoms with Crippen LogP contribution in [-0.4, -0.2) is 32.3 Å². The predicted octanol–water partition coefficient (Wildman–Crippen LogP) is 1.84. The van der Waals surface area contributed by atoms with Gasteiger partial charge in [-0.15, -0.1) is 0 Å². The van der Waals surface area contributed by atoms with Gasteiger partial charge in [0.05, 0.1) is 36.4 Å². The SMILES string of the molecule is CC(=O)NCc1cncc([C@H]2CCCN2Cc2cccnc2)n1. The highest BCUT2D eigenvalue weighted by molar-refractivity contribution is 5.72. The molecule has 1 aliphatic rings. The van der Waals surface area contributed by atoms with Crippen molar-refractivity contribution in [3.8, 4) is 0 Å². The van der Waals surface area contributed by atoms with Crippen LogP contribution in [0.3, 0.4) is 0 Å². The predicted molar refractivity (Wildman–Crippen MR) is 86.2 cm³/mol. The third-order valence-corrected chi connectivity index (χ3v) is 4.04. The van der Waals surface area contributed by atoms with E-state index in [4.69, 9.17) is 0 Å². The van der Waals surface area contributed by atoms with Gasteiger partial charge in [0.25, 0.3) is 0 Å². The standard InChI is InChI=1S/C17H21N5O/c1-13(23)20-10-15-9-19-11-16(21-15)17-5-3-7-22(17)12-14-4-2-6-18-8-14/h2,4,6,8-9,11,17H,3,5,7,10,12H2,1H3,(H,20,23)/t17-/m1/s1. The Morgan fingerprint density at radius 2 is 2.26 bits per heavy atom. The molecule has 0 saturated carbocycles. The smallest absolute Gasteiger partial charge is 0.217 e. The van der Waals surface area contributed by atoms with Gasteiger partial charge < -0.3 is 5.32 Å². The molecule has 1 N–H and O–H groups in total. The molecule has 1 saturated heterocycles. The largest absolute Gasteiger partial charge is 0.351 e. The zero-order valence-electron chi connectivity index (χ0n) is 13.3. The van der Waals surface area contributed by atoms with Crippen LogP contribution in [0.5, 0.6) is 0 Å². The fraction of sp³-hybridized carbons (Fsp3) is 0.412. The Hall–Kier alpha value is -2.34. The molecular formula is C17H21N5O. The van der Waals surface area contributed by atoms with E-state index in [1.165, 1.54) is 12.5 Å². The summed E-state index contributed by atoms with van der Waals surface area (Å²) in [7, 11) is 0. The first kappa shape index (κ1) is 15.6. The topological polar surface area (TPSA) is 71.0 Å². The van der Waals surface area contributed by atoms with Crippen molar-refractivity contribution in [3.63, 3.8) is 0 Å². The van der Waals surface area contributed by atoms with Crippen molar-refractivity contribution in [1.29, 1.82) is 0 Å². The minimum absolute atomic E-state index is 0.0590. The Kier molecular flexibility index (Phi) is 4.92. The Bertz CT molecular complexity index is 661. The van der Waals surface area contributed by atoms with Gasteiger partial charge in [-0.05, 0) is 31.0 Å². The maximum Gasteiger partial charge on any atom is 0.217 e. The molecule has 0 unspecified atom stereocenters. The summed E-state index contributed by atoms with van der Waals surface area (Å²) in [5.74, 6) is -0.0590. The van der Waals surface area contributed by atoms with Gasteiger partial charge in [0, 0.05) is 25.9 Å². The van der Waals surface area contributed by atoms with Gasteiger partial charge in [-0.2, -0.15) is 0 Å². The molecule has 6 nitrogen and oxygen atoms in total. The molecule has 1 amide bonds. The summed E-state index contributed by atoms with van der Waals surface area (Å²) in [5.41, 5.74) is 2.99. The lowest BCUT2D eigenvalue weighted by Crippen LogP contribution is -2.25. The minimum atomic E-state index is -0.0590. The highest BCUT2D eigenvalue weighted by Crippen LogP contribution is 2.31. The van der Waals surface area contributed by atoms with Gasteiger partial charge >= 0.3 is 0 Å². The van der Waals surface area contributed by atoms with Crippen molar-refractivity contribution >= 4 is 5.91 Å². The third kappa shape index (κ3) is 4.10. The van der Waals surface area contributed by atoms with Crippen molar-refractivity contribution in [2.75, 3.05) is 6.54 Å². The minimum Gasteiger partial charge on any atom is -0.351 e. The number of hydrogen-bond acceptors (Lipinski definition) is 5. The third-order valence-electron chi connectivity index (χ3n) is 4.04. The highest BCUT2D eigenvalue weighted by atomic mass is 16.1. The highest BCUT2D eigenvalue weighted by Gasteiger charge is 2.27. The van der Waals surface area contributed by atoms with Gasteiger partial charge in [0.1, 0.15) is 0 Å². The number of nitrogens with zero attached hydrogens (tertiary/aromatic N) is 4. The van der Waals surface area contributed by atoms with E-state index in [-0.39, 0.29) is 11.9 Å². The van der Waals surface area contributed by atoms with Crippen molar-refractivity contribution < 1.29 is 4.79 Å². The van der Waals surface area contributed by atoms with E-state index in [9.17, 15) is 4.79 Å². The lowest BCUT2D eigenvalue weighted by Gasteiger charge is -2.24. The van der Waals surface area contributed by atoms with E-state index in [1.54, 1.807) is 12.4 Å². The van der Waals surface area contributed by atoms with Gasteiger partial charge in [0.2, 0.25) is 5.91 Å². The van der Waals surface area contributed by atoms with E-state index >= 15 is 0 Å². The lowest BCUT2D eigenvalue weighted by atomic mass is 10.1. The number of hydrogen-bond donors (Lipinski definition) is 1. The molecule has 0 aliphatic carbocycles. The summed E-state index contributed by atoms with van der Waals surface area (Å²) in [6.07, 6.45) is 9.49. The normalized spacial score (nSPS) is 18.0. The first-order valence-corrected chi connectivity index (χ1v) is 7.90. The van der Waals surface area contributed by atoms with Crippen LogP contribution in [0.25, 0.3) is 0 Å². The number of pyridine rings is 1. The quantitative estimate of drug-likeness (QED) is 0.912. The fourth-order valence-corrected chi connectivity index (χ4v) is 2.96. The maximum absolute atomic E-state index is 11.0. The number of likely N-dealkylation sites (tertiary alicyclic amines) is 1. The van der Waals surface area contributed by atoms with Gasteiger partial charge in [-0.3, -0.25) is 24.6 Å². The summed E-state index contributed by atoms with van der Waals surface area (Å²) >= 11 is 0. The van der Waals surface area contributed by atoms with Crippen LogP contribution in [0.4, 0.5) is 0 Å². The molecule has 1 fully saturated rings. The van der Waals surface area contributed by atoms with Gasteiger partial charge in [-0.25, -0.2) is 0 Å². The zero-order valence-corrected chi connectivity index (χ0v) is 13.3. The van der Waals surface area contributed by atoms with E-state index in [0.717, 1.165) is 37.3 Å². The summed E-state index contributed by atoms with van der Waals surface area (Å²) in [6.45, 7) is 3.85. The van der Waals surface area contributed by atoms with Crippen LogP contribution in [0.15, 0.2) is 36.9 Å². The second-order valence-electron chi connectivity index (χ2n) is 5.83. The Morgan fingerprint density at radius 1 is 1.35 bits per heavy atom. The fourth-order valence-electron chi connectivity index (χ4n) is 2.96. The van der Waals surface area contributed by atoms with E-state index < -0.39 is 0 Å². The monoisotopic (exact) mass is 311 g/mol. The molecule has 2 aromatic heterocycles. The summed E-state index contributed by atoms with van der Waals surface area (Å²) in [6, 6.07) is 4.34. The molecular weight excluding hydrogens is 290 g/mol. The molecule has 1 atom stereocenters. The molecule has 1 aliphatic heterocycles. The number of rotatable bonds is 5. The van der Waals surface area contributed by atoms with Gasteiger partial charge in [-0.1, -0.05) is 6.07 Å². The van der Waals surface area contributed by atoms with Crippen molar-refractivity contribution in [3.05, 3.63) is 53.9 Å². The Balaban J connectivity index is 1.72. The second kappa shape index (κ2) is 7.28. The average Bonchev–Trinajstić information content (AvgIpc) is 3.02. The lowest BCUT2D eigenvalue weighted by molar-refractivity contribution is -0.119. The molecule has 23 heavy (non-hydrogen) atoms. The number of carbonyl (C=O) groups excluding carboxylic acids is 1. The van der Waals surface area contributed by atoms with Crippen LogP contribution >= 0.6 is 0 Å². The van der Waals surface area contributed by atoms with Crippen molar-refractivity contribution in [2.24, 2.45) is 0 Å². The zero-order chi connectivity index (χ0) is 16.1. The van der Waals surface area contributed by atoms with E-state index in [0.29, 0.717) is 6.54 Å². The van der Waals surface area contributed by atoms with E-state index in [1.807, 2.05) is 18.5 Å². The van der Waals surface area contributed by atoms with Gasteiger partial charge in [0.15, 0.2) is 0 Å². The van der Waals surface area contributed by atoms with Crippen LogP contribution in [0.2, 0.25) is 0 Å². The molecule has 120 valence electrons. The summed E-state index contributed by atoms with van der Waals surface area (Å²) in [4.78, 5) is 26.6. The van der Waals surface area contributed by atoms with Crippen molar-refractivity contribution in [1.82, 2.24) is 25.2 Å². The molecule has 0 radical (unpaired) electrons. The molecule has 0 spiro atoms. The summed E-state index contributed by atoms with van der Waals surface area (Å²) in [5, 5.41) is 2.77. The Morgan fingerprint density at radius 3 is 3.04 bits per heavy atom. The molecule has 6 heteroatoms.